The van der Waals surface area contributed by atoms with Crippen molar-refractivity contribution in [3.8, 4) is 0 Å². The Labute approximate surface area is 121 Å². The minimum absolute atomic E-state index is 0.280. The van der Waals surface area contributed by atoms with Gasteiger partial charge in [-0.2, -0.15) is 5.10 Å². The van der Waals surface area contributed by atoms with Crippen LogP contribution in [0.1, 0.15) is 25.5 Å². The third-order valence-corrected chi connectivity index (χ3v) is 3.18. The summed E-state index contributed by atoms with van der Waals surface area (Å²) in [6.45, 7) is 4.72. The summed E-state index contributed by atoms with van der Waals surface area (Å²) in [6.07, 6.45) is 4.83. The summed E-state index contributed by atoms with van der Waals surface area (Å²) in [6, 6.07) is 5.31. The summed E-state index contributed by atoms with van der Waals surface area (Å²) in [5.74, 6) is 0.291. The van der Waals surface area contributed by atoms with Crippen LogP contribution in [0.5, 0.6) is 0 Å². The normalized spacial score (nSPS) is 11.2. The molecule has 0 bridgehead atoms. The lowest BCUT2D eigenvalue weighted by atomic mass is 10.2. The minimum atomic E-state index is -0.343. The molecule has 21 heavy (non-hydrogen) atoms. The van der Waals surface area contributed by atoms with Gasteiger partial charge < -0.3 is 5.32 Å². The van der Waals surface area contributed by atoms with Gasteiger partial charge in [-0.3, -0.25) is 0 Å². The first-order valence-corrected chi connectivity index (χ1v) is 6.81. The zero-order chi connectivity index (χ0) is 14.8. The molecule has 0 fully saturated rings. The molecule has 3 rings (SSSR count). The number of rotatable bonds is 4. The summed E-state index contributed by atoms with van der Waals surface area (Å²) in [5, 5.41) is 8.49. The molecule has 0 aliphatic rings. The number of anilines is 1. The van der Waals surface area contributed by atoms with Crippen LogP contribution >= 0.6 is 0 Å². The molecule has 0 aliphatic heterocycles. The number of aromatic nitrogens is 4. The maximum absolute atomic E-state index is 12.8. The number of fused-ring (bicyclic) bond motifs is 1. The number of hydrogen-bond acceptors (Lipinski definition) is 4. The average molecular weight is 285 g/mol. The van der Waals surface area contributed by atoms with E-state index in [1.165, 1.54) is 12.3 Å². The molecule has 0 aromatic carbocycles. The third kappa shape index (κ3) is 2.84. The largest absolute Gasteiger partial charge is 0.366 e. The Balaban J connectivity index is 1.77. The van der Waals surface area contributed by atoms with Gasteiger partial charge in [-0.15, -0.1) is 0 Å². The molecule has 5 nitrogen and oxygen atoms in total. The van der Waals surface area contributed by atoms with E-state index >= 15 is 0 Å². The van der Waals surface area contributed by atoms with Crippen molar-refractivity contribution in [3.63, 3.8) is 0 Å². The van der Waals surface area contributed by atoms with Crippen LogP contribution in [0.25, 0.3) is 11.0 Å². The van der Waals surface area contributed by atoms with E-state index < -0.39 is 0 Å². The summed E-state index contributed by atoms with van der Waals surface area (Å²) >= 11 is 0. The Hall–Kier alpha value is -2.50. The molecule has 108 valence electrons. The first kappa shape index (κ1) is 13.5. The van der Waals surface area contributed by atoms with Crippen molar-refractivity contribution >= 4 is 16.9 Å². The molecule has 0 atom stereocenters. The molecule has 0 amide bonds. The molecule has 3 aromatic rings. The smallest absolute Gasteiger partial charge is 0.157 e. The van der Waals surface area contributed by atoms with Gasteiger partial charge in [0.1, 0.15) is 11.6 Å². The zero-order valence-corrected chi connectivity index (χ0v) is 11.9. The fraction of sp³-hybridized carbons (Fsp3) is 0.267. The van der Waals surface area contributed by atoms with Crippen molar-refractivity contribution in [2.75, 3.05) is 5.32 Å². The van der Waals surface area contributed by atoms with E-state index in [0.717, 1.165) is 16.6 Å². The summed E-state index contributed by atoms with van der Waals surface area (Å²) in [4.78, 5) is 8.43. The lowest BCUT2D eigenvalue weighted by Gasteiger charge is -2.07. The van der Waals surface area contributed by atoms with Gasteiger partial charge in [-0.1, -0.05) is 0 Å². The Morgan fingerprint density at radius 2 is 2.05 bits per heavy atom. The maximum Gasteiger partial charge on any atom is 0.157 e. The minimum Gasteiger partial charge on any atom is -0.366 e. The van der Waals surface area contributed by atoms with Gasteiger partial charge in [-0.05, 0) is 37.6 Å². The van der Waals surface area contributed by atoms with E-state index in [2.05, 4.69) is 34.2 Å². The maximum atomic E-state index is 12.8. The summed E-state index contributed by atoms with van der Waals surface area (Å²) in [7, 11) is 0. The van der Waals surface area contributed by atoms with E-state index in [1.807, 2.05) is 23.1 Å². The predicted molar refractivity (Wildman–Crippen MR) is 79.4 cm³/mol. The molecule has 3 heterocycles. The van der Waals surface area contributed by atoms with Gasteiger partial charge >= 0.3 is 0 Å². The average Bonchev–Trinajstić information content (AvgIpc) is 2.90. The first-order chi connectivity index (χ1) is 10.1. The number of halogens is 1. The molecule has 1 N–H and O–H groups in total. The molecule has 0 unspecified atom stereocenters. The van der Waals surface area contributed by atoms with Gasteiger partial charge in [-0.25, -0.2) is 19.0 Å². The van der Waals surface area contributed by atoms with Crippen LogP contribution in [-0.2, 0) is 6.54 Å². The number of nitrogens with zero attached hydrogens (tertiary/aromatic N) is 4. The fourth-order valence-corrected chi connectivity index (χ4v) is 2.13. The van der Waals surface area contributed by atoms with E-state index in [0.29, 0.717) is 12.4 Å². The molecule has 0 aliphatic carbocycles. The lowest BCUT2D eigenvalue weighted by molar-refractivity contribution is 0.546. The topological polar surface area (TPSA) is 55.6 Å². The Kier molecular flexibility index (Phi) is 3.51. The van der Waals surface area contributed by atoms with E-state index in [4.69, 9.17) is 0 Å². The molecular weight excluding hydrogens is 269 g/mol. The van der Waals surface area contributed by atoms with Gasteiger partial charge in [0.05, 0.1) is 12.4 Å². The Morgan fingerprint density at radius 3 is 2.76 bits per heavy atom. The van der Waals surface area contributed by atoms with E-state index in [9.17, 15) is 4.39 Å². The van der Waals surface area contributed by atoms with Gasteiger partial charge in [0.15, 0.2) is 5.65 Å². The Bertz CT molecular complexity index is 748. The van der Waals surface area contributed by atoms with E-state index in [-0.39, 0.29) is 11.9 Å². The number of pyridine rings is 2. The van der Waals surface area contributed by atoms with Crippen molar-refractivity contribution in [1.82, 2.24) is 19.7 Å². The quantitative estimate of drug-likeness (QED) is 0.800. The standard InChI is InChI=1S/C15H16FN5/c1-10(2)21-15-12(8-20-21)5-11(7-19-15)6-17-14-4-3-13(16)9-18-14/h3-5,7-10H,6H2,1-2H3,(H,17,18). The second-order valence-electron chi connectivity index (χ2n) is 5.15. The van der Waals surface area contributed by atoms with Crippen LogP contribution in [0.4, 0.5) is 10.2 Å². The highest BCUT2D eigenvalue weighted by Crippen LogP contribution is 2.17. The molecular formula is C15H16FN5. The monoisotopic (exact) mass is 285 g/mol. The second kappa shape index (κ2) is 5.47. The lowest BCUT2D eigenvalue weighted by Crippen LogP contribution is -2.04. The second-order valence-corrected chi connectivity index (χ2v) is 5.15. The highest BCUT2D eigenvalue weighted by Gasteiger charge is 2.07. The number of nitrogens with one attached hydrogen (secondary N) is 1. The van der Waals surface area contributed by atoms with Crippen molar-refractivity contribution < 1.29 is 4.39 Å². The highest BCUT2D eigenvalue weighted by molar-refractivity contribution is 5.75. The summed E-state index contributed by atoms with van der Waals surface area (Å²) in [5.41, 5.74) is 1.91. The molecule has 0 radical (unpaired) electrons. The predicted octanol–water partition coefficient (Wildman–Crippen LogP) is 3.16. The van der Waals surface area contributed by atoms with Crippen LogP contribution in [0.15, 0.2) is 36.8 Å². The Morgan fingerprint density at radius 1 is 1.19 bits per heavy atom. The van der Waals surface area contributed by atoms with Crippen molar-refractivity contribution in [2.24, 2.45) is 0 Å². The summed E-state index contributed by atoms with van der Waals surface area (Å²) < 4.78 is 14.7. The van der Waals surface area contributed by atoms with E-state index in [1.54, 1.807) is 6.07 Å². The van der Waals surface area contributed by atoms with Gasteiger partial charge in [0, 0.05) is 24.2 Å². The van der Waals surface area contributed by atoms with Gasteiger partial charge in [0.2, 0.25) is 0 Å². The molecule has 0 saturated heterocycles. The highest BCUT2D eigenvalue weighted by atomic mass is 19.1. The van der Waals surface area contributed by atoms with Crippen LogP contribution in [0.3, 0.4) is 0 Å². The first-order valence-electron chi connectivity index (χ1n) is 6.81. The van der Waals surface area contributed by atoms with Crippen molar-refractivity contribution in [2.45, 2.75) is 26.4 Å². The molecule has 0 spiro atoms. The number of hydrogen-bond donors (Lipinski definition) is 1. The van der Waals surface area contributed by atoms with Crippen LogP contribution in [-0.4, -0.2) is 19.7 Å². The van der Waals surface area contributed by atoms with Crippen LogP contribution in [0, 0.1) is 5.82 Å². The molecule has 6 heteroatoms. The SMILES string of the molecule is CC(C)n1ncc2cc(CNc3ccc(F)cn3)cnc21. The molecule has 0 saturated carbocycles. The van der Waals surface area contributed by atoms with Crippen molar-refractivity contribution in [3.05, 3.63) is 48.2 Å². The molecule has 3 aromatic heterocycles. The fourth-order valence-electron chi connectivity index (χ4n) is 2.13. The zero-order valence-electron chi connectivity index (χ0n) is 11.9. The third-order valence-electron chi connectivity index (χ3n) is 3.18. The van der Waals surface area contributed by atoms with Crippen LogP contribution < -0.4 is 5.32 Å². The van der Waals surface area contributed by atoms with Crippen molar-refractivity contribution in [1.29, 1.82) is 0 Å². The van der Waals surface area contributed by atoms with Crippen LogP contribution in [0.2, 0.25) is 0 Å². The van der Waals surface area contributed by atoms with Gasteiger partial charge in [0.25, 0.3) is 0 Å².